The van der Waals surface area contributed by atoms with Gasteiger partial charge < -0.3 is 20.3 Å². The second-order valence-corrected chi connectivity index (χ2v) is 9.88. The highest BCUT2D eigenvalue weighted by molar-refractivity contribution is 6.20. The summed E-state index contributed by atoms with van der Waals surface area (Å²) in [5, 5.41) is 5.24. The molecule has 2 N–H and O–H groups in total. The molecule has 1 aliphatic heterocycles. The fraction of sp³-hybridized carbons (Fsp3) is 0.241. The summed E-state index contributed by atoms with van der Waals surface area (Å²) in [4.78, 5) is 62.2. The zero-order valence-electron chi connectivity index (χ0n) is 22.1. The molecule has 1 aromatic heterocycles. The molecule has 0 saturated heterocycles. The lowest BCUT2D eigenvalue weighted by molar-refractivity contribution is -0.127. The van der Waals surface area contributed by atoms with Gasteiger partial charge in [-0.2, -0.15) is 0 Å². The van der Waals surface area contributed by atoms with Gasteiger partial charge in [-0.25, -0.2) is 14.6 Å². The first-order valence-corrected chi connectivity index (χ1v) is 12.3. The van der Waals surface area contributed by atoms with Gasteiger partial charge in [0.1, 0.15) is 0 Å². The van der Waals surface area contributed by atoms with Crippen LogP contribution in [0.4, 0.5) is 16.2 Å². The molecule has 0 bridgehead atoms. The van der Waals surface area contributed by atoms with Crippen molar-refractivity contribution in [1.29, 1.82) is 0 Å². The van der Waals surface area contributed by atoms with Crippen LogP contribution in [0.1, 0.15) is 42.4 Å². The fourth-order valence-electron chi connectivity index (χ4n) is 3.91. The molecule has 200 valence electrons. The number of carbonyl (C=O) groups is 4. The predicted molar refractivity (Wildman–Crippen MR) is 147 cm³/mol. The van der Waals surface area contributed by atoms with E-state index in [0.717, 1.165) is 0 Å². The molecule has 0 spiro atoms. The summed E-state index contributed by atoms with van der Waals surface area (Å²) in [5.74, 6) is -1.29. The molecule has 0 fully saturated rings. The number of hydrogen-bond acceptors (Lipinski definition) is 7. The normalized spacial score (nSPS) is 15.0. The van der Waals surface area contributed by atoms with Crippen LogP contribution in [0, 0.1) is 5.41 Å². The van der Waals surface area contributed by atoms with Crippen LogP contribution in [-0.4, -0.2) is 54.2 Å². The van der Waals surface area contributed by atoms with Gasteiger partial charge in [0.05, 0.1) is 36.3 Å². The number of ether oxygens (including phenoxy) is 1. The number of benzene rings is 2. The van der Waals surface area contributed by atoms with E-state index in [2.05, 4.69) is 20.6 Å². The number of rotatable bonds is 6. The molecule has 10 nitrogen and oxygen atoms in total. The number of Topliss-reactive ketones (excluding diaryl/α,β-unsaturated/α-hetero) is 1. The Morgan fingerprint density at radius 3 is 2.44 bits per heavy atom. The number of methoxy groups -OCH3 is 1. The molecule has 39 heavy (non-hydrogen) atoms. The van der Waals surface area contributed by atoms with E-state index >= 15 is 0 Å². The van der Waals surface area contributed by atoms with Crippen molar-refractivity contribution in [2.75, 3.05) is 23.9 Å². The van der Waals surface area contributed by atoms with Gasteiger partial charge in [0.25, 0.3) is 5.91 Å². The summed E-state index contributed by atoms with van der Waals surface area (Å²) in [6.07, 6.45) is 0.239. The van der Waals surface area contributed by atoms with Gasteiger partial charge in [-0.05, 0) is 36.4 Å². The number of nitrogens with zero attached hydrogens (tertiary/aromatic N) is 3. The SMILES string of the molecule is COC(=O)c1cccc(NC(=O)NC2N=C(c3ccccn3)c3ccccc3N(CC(=O)C(C)(C)C)C2=O)c1. The summed E-state index contributed by atoms with van der Waals surface area (Å²) in [5.41, 5.74) is 1.84. The van der Waals surface area contributed by atoms with Crippen molar-refractivity contribution in [2.45, 2.75) is 26.9 Å². The Morgan fingerprint density at radius 1 is 1.00 bits per heavy atom. The minimum atomic E-state index is -1.37. The lowest BCUT2D eigenvalue weighted by Gasteiger charge is -2.28. The molecule has 3 amide bonds. The number of carbonyl (C=O) groups excluding carboxylic acids is 4. The quantitative estimate of drug-likeness (QED) is 0.469. The van der Waals surface area contributed by atoms with Crippen LogP contribution in [0.15, 0.2) is 77.9 Å². The summed E-state index contributed by atoms with van der Waals surface area (Å²) < 4.78 is 4.73. The van der Waals surface area contributed by atoms with Crippen LogP contribution in [-0.2, 0) is 14.3 Å². The second kappa shape index (κ2) is 11.3. The zero-order chi connectivity index (χ0) is 28.2. The van der Waals surface area contributed by atoms with Gasteiger partial charge in [0.2, 0.25) is 6.17 Å². The molecule has 1 aliphatic rings. The van der Waals surface area contributed by atoms with E-state index in [0.29, 0.717) is 28.3 Å². The van der Waals surface area contributed by atoms with E-state index in [4.69, 9.17) is 4.74 Å². The third-order valence-electron chi connectivity index (χ3n) is 6.06. The molecule has 2 heterocycles. The number of esters is 1. The van der Waals surface area contributed by atoms with E-state index in [1.165, 1.54) is 18.1 Å². The van der Waals surface area contributed by atoms with E-state index in [1.807, 2.05) is 0 Å². The molecule has 1 unspecified atom stereocenters. The van der Waals surface area contributed by atoms with Gasteiger partial charge in [-0.15, -0.1) is 0 Å². The van der Waals surface area contributed by atoms with E-state index in [-0.39, 0.29) is 17.9 Å². The zero-order valence-corrected chi connectivity index (χ0v) is 22.1. The molecular weight excluding hydrogens is 498 g/mol. The van der Waals surface area contributed by atoms with Crippen LogP contribution in [0.5, 0.6) is 0 Å². The molecule has 10 heteroatoms. The Labute approximate surface area is 226 Å². The van der Waals surface area contributed by atoms with Crippen LogP contribution in [0.3, 0.4) is 0 Å². The van der Waals surface area contributed by atoms with Crippen molar-refractivity contribution in [3.63, 3.8) is 0 Å². The van der Waals surface area contributed by atoms with Gasteiger partial charge in [0, 0.05) is 22.9 Å². The highest BCUT2D eigenvalue weighted by Gasteiger charge is 2.36. The van der Waals surface area contributed by atoms with Crippen LogP contribution < -0.4 is 15.5 Å². The van der Waals surface area contributed by atoms with Gasteiger partial charge >= 0.3 is 12.0 Å². The monoisotopic (exact) mass is 527 g/mol. The maximum absolute atomic E-state index is 13.9. The standard InChI is InChI=1S/C29H29N5O5/c1-29(2,3)23(35)17-34-22-14-6-5-12-20(22)24(21-13-7-8-15-30-21)32-25(26(34)36)33-28(38)31-19-11-9-10-18(16-19)27(37)39-4/h5-16,25H,17H2,1-4H3,(H2,31,33,38). The number of aliphatic imine (C=N–C) groups is 1. The Balaban J connectivity index is 1.72. The minimum absolute atomic E-state index is 0.158. The molecule has 1 atom stereocenters. The molecule has 2 aromatic carbocycles. The minimum Gasteiger partial charge on any atom is -0.465 e. The van der Waals surface area contributed by atoms with E-state index in [9.17, 15) is 19.2 Å². The van der Waals surface area contributed by atoms with Crippen LogP contribution in [0.2, 0.25) is 0 Å². The third kappa shape index (κ3) is 6.18. The van der Waals surface area contributed by atoms with Crippen molar-refractivity contribution >= 4 is 40.8 Å². The van der Waals surface area contributed by atoms with Crippen molar-refractivity contribution in [1.82, 2.24) is 10.3 Å². The van der Waals surface area contributed by atoms with Crippen molar-refractivity contribution in [2.24, 2.45) is 10.4 Å². The molecule has 0 aliphatic carbocycles. The number of anilines is 2. The maximum Gasteiger partial charge on any atom is 0.337 e. The lowest BCUT2D eigenvalue weighted by atomic mass is 9.90. The summed E-state index contributed by atoms with van der Waals surface area (Å²) in [6, 6.07) is 17.9. The largest absolute Gasteiger partial charge is 0.465 e. The number of benzodiazepines with no additional fused rings is 1. The first-order valence-electron chi connectivity index (χ1n) is 12.3. The first kappa shape index (κ1) is 27.2. The topological polar surface area (TPSA) is 130 Å². The van der Waals surface area contributed by atoms with Crippen LogP contribution in [0.25, 0.3) is 0 Å². The highest BCUT2D eigenvalue weighted by Crippen LogP contribution is 2.29. The summed E-state index contributed by atoms with van der Waals surface area (Å²) >= 11 is 0. The number of pyridine rings is 1. The molecule has 3 aromatic rings. The number of urea groups is 1. The summed E-state index contributed by atoms with van der Waals surface area (Å²) in [7, 11) is 1.26. The maximum atomic E-state index is 13.9. The highest BCUT2D eigenvalue weighted by atomic mass is 16.5. The number of amides is 3. The lowest BCUT2D eigenvalue weighted by Crippen LogP contribution is -2.50. The summed E-state index contributed by atoms with van der Waals surface area (Å²) in [6.45, 7) is 5.15. The van der Waals surface area contributed by atoms with Gasteiger partial charge in [-0.3, -0.25) is 14.6 Å². The molecule has 0 radical (unpaired) electrons. The molecule has 0 saturated carbocycles. The van der Waals surface area contributed by atoms with E-state index < -0.39 is 29.5 Å². The first-order chi connectivity index (χ1) is 18.6. The number of para-hydroxylation sites is 1. The number of fused-ring (bicyclic) bond motifs is 1. The number of ketones is 1. The molecular formula is C29H29N5O5. The van der Waals surface area contributed by atoms with E-state index in [1.54, 1.807) is 87.6 Å². The van der Waals surface area contributed by atoms with Gasteiger partial charge in [-0.1, -0.05) is 51.1 Å². The Kier molecular flexibility index (Phi) is 7.85. The Hall–Kier alpha value is -4.86. The average molecular weight is 528 g/mol. The average Bonchev–Trinajstić information content (AvgIpc) is 3.03. The Bertz CT molecular complexity index is 1450. The number of nitrogens with one attached hydrogen (secondary N) is 2. The Morgan fingerprint density at radius 2 is 1.74 bits per heavy atom. The predicted octanol–water partition coefficient (Wildman–Crippen LogP) is 3.82. The number of hydrogen-bond donors (Lipinski definition) is 2. The van der Waals surface area contributed by atoms with Gasteiger partial charge in [0.15, 0.2) is 5.78 Å². The smallest absolute Gasteiger partial charge is 0.337 e. The third-order valence-corrected chi connectivity index (χ3v) is 6.06. The molecule has 4 rings (SSSR count). The van der Waals surface area contributed by atoms with Crippen molar-refractivity contribution in [3.05, 3.63) is 89.7 Å². The second-order valence-electron chi connectivity index (χ2n) is 9.88. The number of aromatic nitrogens is 1. The van der Waals surface area contributed by atoms with Crippen molar-refractivity contribution in [3.8, 4) is 0 Å². The van der Waals surface area contributed by atoms with Crippen molar-refractivity contribution < 1.29 is 23.9 Å². The fourth-order valence-corrected chi connectivity index (χ4v) is 3.91. The van der Waals surface area contributed by atoms with Crippen LogP contribution >= 0.6 is 0 Å².